The molecule has 0 atom stereocenters. The Kier molecular flexibility index (Phi) is 5.71. The molecule has 1 aromatic rings. The lowest BCUT2D eigenvalue weighted by atomic mass is 10.0. The minimum Gasteiger partial charge on any atom is -0.355 e. The van der Waals surface area contributed by atoms with Crippen LogP contribution in [0, 0.1) is 11.2 Å². The zero-order valence-electron chi connectivity index (χ0n) is 13.7. The van der Waals surface area contributed by atoms with Crippen molar-refractivity contribution in [2.75, 3.05) is 27.2 Å². The van der Waals surface area contributed by atoms with E-state index >= 15 is 0 Å². The Balaban J connectivity index is 1.78. The summed E-state index contributed by atoms with van der Waals surface area (Å²) >= 11 is 0. The molecule has 5 nitrogen and oxygen atoms in total. The van der Waals surface area contributed by atoms with Gasteiger partial charge in [0.05, 0.1) is 0 Å². The van der Waals surface area contributed by atoms with Crippen LogP contribution in [0.25, 0.3) is 0 Å². The normalized spacial score (nSPS) is 15.3. The number of rotatable bonds is 8. The molecule has 126 valence electrons. The summed E-state index contributed by atoms with van der Waals surface area (Å²) in [6, 6.07) is 5.95. The summed E-state index contributed by atoms with van der Waals surface area (Å²) in [4.78, 5) is 26.6. The maximum Gasteiger partial charge on any atom is 0.235 e. The second kappa shape index (κ2) is 7.55. The lowest BCUT2D eigenvalue weighted by Crippen LogP contribution is -2.43. The van der Waals surface area contributed by atoms with Crippen LogP contribution in [0.2, 0.25) is 0 Å². The van der Waals surface area contributed by atoms with Crippen molar-refractivity contribution < 1.29 is 14.0 Å². The van der Waals surface area contributed by atoms with Gasteiger partial charge >= 0.3 is 0 Å². The van der Waals surface area contributed by atoms with Crippen LogP contribution in [0.4, 0.5) is 4.39 Å². The maximum absolute atomic E-state index is 12.8. The molecule has 0 aliphatic heterocycles. The highest BCUT2D eigenvalue weighted by Gasteiger charge is 2.56. The third-order valence-corrected chi connectivity index (χ3v) is 4.05. The van der Waals surface area contributed by atoms with E-state index in [4.69, 9.17) is 0 Å². The van der Waals surface area contributed by atoms with Crippen molar-refractivity contribution in [3.05, 3.63) is 35.6 Å². The molecule has 23 heavy (non-hydrogen) atoms. The second-order valence-corrected chi connectivity index (χ2v) is 6.30. The van der Waals surface area contributed by atoms with Crippen molar-refractivity contribution in [3.8, 4) is 0 Å². The van der Waals surface area contributed by atoms with E-state index in [0.29, 0.717) is 25.9 Å². The van der Waals surface area contributed by atoms with Gasteiger partial charge in [0.25, 0.3) is 0 Å². The number of carbonyl (C=O) groups excluding carboxylic acids is 2. The third-order valence-electron chi connectivity index (χ3n) is 4.05. The van der Waals surface area contributed by atoms with E-state index in [0.717, 1.165) is 18.5 Å². The molecule has 0 unspecified atom stereocenters. The molecule has 0 aromatic heterocycles. The van der Waals surface area contributed by atoms with Crippen LogP contribution in [0.1, 0.15) is 24.8 Å². The summed E-state index contributed by atoms with van der Waals surface area (Å²) in [7, 11) is 3.96. The third kappa shape index (κ3) is 4.76. The van der Waals surface area contributed by atoms with E-state index in [9.17, 15) is 14.0 Å². The molecule has 0 saturated heterocycles. The summed E-state index contributed by atoms with van der Waals surface area (Å²) in [5.41, 5.74) is -0.0973. The quantitative estimate of drug-likeness (QED) is 0.560. The van der Waals surface area contributed by atoms with Crippen molar-refractivity contribution in [2.45, 2.75) is 25.8 Å². The van der Waals surface area contributed by atoms with Gasteiger partial charge in [-0.1, -0.05) is 12.1 Å². The smallest absolute Gasteiger partial charge is 0.235 e. The van der Waals surface area contributed by atoms with Crippen molar-refractivity contribution >= 4 is 11.8 Å². The Morgan fingerprint density at radius 3 is 2.30 bits per heavy atom. The summed E-state index contributed by atoms with van der Waals surface area (Å²) in [6.07, 6.45) is 2.02. The Morgan fingerprint density at radius 1 is 1.13 bits per heavy atom. The van der Waals surface area contributed by atoms with Crippen LogP contribution < -0.4 is 10.6 Å². The summed E-state index contributed by atoms with van der Waals surface area (Å²) in [5, 5.41) is 5.63. The van der Waals surface area contributed by atoms with Gasteiger partial charge in [-0.25, -0.2) is 4.39 Å². The molecule has 1 saturated carbocycles. The molecule has 0 heterocycles. The fourth-order valence-electron chi connectivity index (χ4n) is 2.40. The Morgan fingerprint density at radius 2 is 1.74 bits per heavy atom. The fourth-order valence-corrected chi connectivity index (χ4v) is 2.40. The van der Waals surface area contributed by atoms with Gasteiger partial charge in [-0.15, -0.1) is 0 Å². The number of nitrogens with zero attached hydrogens (tertiary/aromatic N) is 1. The predicted octanol–water partition coefficient (Wildman–Crippen LogP) is 1.29. The molecule has 1 aromatic carbocycles. The van der Waals surface area contributed by atoms with Gasteiger partial charge in [0.1, 0.15) is 11.2 Å². The first-order valence-electron chi connectivity index (χ1n) is 7.90. The SMILES string of the molecule is CN(C)CCCNC(=O)C1(C(=O)NCc2ccc(F)cc2)CC1. The highest BCUT2D eigenvalue weighted by atomic mass is 19.1. The monoisotopic (exact) mass is 321 g/mol. The first-order chi connectivity index (χ1) is 10.9. The van der Waals surface area contributed by atoms with E-state index < -0.39 is 5.41 Å². The lowest BCUT2D eigenvalue weighted by molar-refractivity contribution is -0.137. The van der Waals surface area contributed by atoms with E-state index in [1.807, 2.05) is 14.1 Å². The second-order valence-electron chi connectivity index (χ2n) is 6.30. The fraction of sp³-hybridized carbons (Fsp3) is 0.529. The zero-order chi connectivity index (χ0) is 16.9. The summed E-state index contributed by atoms with van der Waals surface area (Å²) in [6.45, 7) is 1.77. The van der Waals surface area contributed by atoms with Gasteiger partial charge in [0, 0.05) is 13.1 Å². The molecule has 2 N–H and O–H groups in total. The van der Waals surface area contributed by atoms with Crippen LogP contribution in [0.3, 0.4) is 0 Å². The van der Waals surface area contributed by atoms with Crippen LogP contribution in [0.5, 0.6) is 0 Å². The van der Waals surface area contributed by atoms with Crippen LogP contribution in [-0.2, 0) is 16.1 Å². The average Bonchev–Trinajstić information content (AvgIpc) is 3.32. The molecular weight excluding hydrogens is 297 g/mol. The maximum atomic E-state index is 12.8. The number of amides is 2. The largest absolute Gasteiger partial charge is 0.355 e. The molecule has 1 fully saturated rings. The molecule has 2 amide bonds. The number of halogens is 1. The zero-order valence-corrected chi connectivity index (χ0v) is 13.7. The molecule has 0 spiro atoms. The Bertz CT molecular complexity index is 553. The first kappa shape index (κ1) is 17.4. The topological polar surface area (TPSA) is 61.4 Å². The Labute approximate surface area is 136 Å². The summed E-state index contributed by atoms with van der Waals surface area (Å²) in [5.74, 6) is -0.740. The number of hydrogen-bond acceptors (Lipinski definition) is 3. The molecule has 2 rings (SSSR count). The van der Waals surface area contributed by atoms with Gasteiger partial charge in [0.15, 0.2) is 0 Å². The van der Waals surface area contributed by atoms with Crippen LogP contribution in [-0.4, -0.2) is 43.9 Å². The van der Waals surface area contributed by atoms with Crippen molar-refractivity contribution in [3.63, 3.8) is 0 Å². The van der Waals surface area contributed by atoms with Crippen LogP contribution in [0.15, 0.2) is 24.3 Å². The number of carbonyl (C=O) groups is 2. The van der Waals surface area contributed by atoms with Crippen molar-refractivity contribution in [2.24, 2.45) is 5.41 Å². The molecular formula is C17H24FN3O2. The van der Waals surface area contributed by atoms with Gasteiger partial charge in [-0.3, -0.25) is 9.59 Å². The highest BCUT2D eigenvalue weighted by Crippen LogP contribution is 2.46. The van der Waals surface area contributed by atoms with Crippen molar-refractivity contribution in [1.29, 1.82) is 0 Å². The molecule has 0 radical (unpaired) electrons. The van der Waals surface area contributed by atoms with E-state index in [-0.39, 0.29) is 17.6 Å². The predicted molar refractivity (Wildman–Crippen MR) is 86.1 cm³/mol. The Hall–Kier alpha value is -1.95. The lowest BCUT2D eigenvalue weighted by Gasteiger charge is -2.16. The van der Waals surface area contributed by atoms with Crippen molar-refractivity contribution in [1.82, 2.24) is 15.5 Å². The highest BCUT2D eigenvalue weighted by molar-refractivity contribution is 6.07. The minimum atomic E-state index is -0.905. The summed E-state index contributed by atoms with van der Waals surface area (Å²) < 4.78 is 12.8. The molecule has 0 bridgehead atoms. The van der Waals surface area contributed by atoms with Gasteiger partial charge in [-0.2, -0.15) is 0 Å². The standard InChI is InChI=1S/C17H24FN3O2/c1-21(2)11-3-10-19-15(22)17(8-9-17)16(23)20-12-13-4-6-14(18)7-5-13/h4-7H,3,8-12H2,1-2H3,(H,19,22)(H,20,23). The number of hydrogen-bond donors (Lipinski definition) is 2. The molecule has 1 aliphatic carbocycles. The van der Waals surface area contributed by atoms with Gasteiger partial charge in [-0.05, 0) is 57.6 Å². The van der Waals surface area contributed by atoms with Gasteiger partial charge < -0.3 is 15.5 Å². The molecule has 6 heteroatoms. The van der Waals surface area contributed by atoms with E-state index in [1.54, 1.807) is 12.1 Å². The molecule has 1 aliphatic rings. The van der Waals surface area contributed by atoms with Gasteiger partial charge in [0.2, 0.25) is 11.8 Å². The number of nitrogens with one attached hydrogen (secondary N) is 2. The van der Waals surface area contributed by atoms with Crippen LogP contribution >= 0.6 is 0 Å². The minimum absolute atomic E-state index is 0.187. The average molecular weight is 321 g/mol. The first-order valence-corrected chi connectivity index (χ1v) is 7.90. The number of benzene rings is 1. The van der Waals surface area contributed by atoms with E-state index in [1.165, 1.54) is 12.1 Å². The van der Waals surface area contributed by atoms with E-state index in [2.05, 4.69) is 15.5 Å².